The van der Waals surface area contributed by atoms with Crippen LogP contribution in [0.1, 0.15) is 37.2 Å². The third-order valence-corrected chi connectivity index (χ3v) is 3.45. The number of carbonyl (C=O) groups is 1. The second-order valence-corrected chi connectivity index (χ2v) is 4.50. The van der Waals surface area contributed by atoms with Crippen molar-refractivity contribution in [2.24, 2.45) is 5.92 Å². The summed E-state index contributed by atoms with van der Waals surface area (Å²) in [6.07, 6.45) is 2.97. The van der Waals surface area contributed by atoms with E-state index < -0.39 is 23.5 Å². The van der Waals surface area contributed by atoms with Gasteiger partial charge in [0.1, 0.15) is 11.6 Å². The van der Waals surface area contributed by atoms with Crippen molar-refractivity contribution >= 4 is 5.97 Å². The molecule has 4 heteroatoms. The number of rotatable bonds is 2. The van der Waals surface area contributed by atoms with Gasteiger partial charge in [-0.25, -0.2) is 8.78 Å². The summed E-state index contributed by atoms with van der Waals surface area (Å²) in [4.78, 5) is 11.1. The number of aliphatic carboxylic acids is 1. The highest BCUT2D eigenvalue weighted by Gasteiger charge is 2.33. The molecule has 0 aliphatic heterocycles. The Labute approximate surface area is 98.3 Å². The molecule has 0 radical (unpaired) electrons. The van der Waals surface area contributed by atoms with Gasteiger partial charge in [0.05, 0.1) is 5.92 Å². The molecule has 17 heavy (non-hydrogen) atoms. The fourth-order valence-corrected chi connectivity index (χ4v) is 2.60. The van der Waals surface area contributed by atoms with Crippen LogP contribution in [-0.2, 0) is 4.79 Å². The molecule has 0 bridgehead atoms. The second-order valence-electron chi connectivity index (χ2n) is 4.50. The summed E-state index contributed by atoms with van der Waals surface area (Å²) in [5.74, 6) is -3.04. The van der Waals surface area contributed by atoms with Crippen LogP contribution in [0.3, 0.4) is 0 Å². The van der Waals surface area contributed by atoms with E-state index in [-0.39, 0.29) is 5.92 Å². The van der Waals surface area contributed by atoms with Crippen LogP contribution >= 0.6 is 0 Å². The maximum absolute atomic E-state index is 13.6. The Hall–Kier alpha value is -1.45. The highest BCUT2D eigenvalue weighted by atomic mass is 19.1. The Bertz CT molecular complexity index is 431. The van der Waals surface area contributed by atoms with Crippen LogP contribution in [0.25, 0.3) is 0 Å². The van der Waals surface area contributed by atoms with Gasteiger partial charge in [0, 0.05) is 12.0 Å². The van der Waals surface area contributed by atoms with E-state index in [2.05, 4.69) is 0 Å². The SMILES string of the molecule is O=C(O)C1CCCCC1c1ccc(F)cc1F. The van der Waals surface area contributed by atoms with E-state index in [4.69, 9.17) is 5.11 Å². The minimum absolute atomic E-state index is 0.332. The van der Waals surface area contributed by atoms with Crippen molar-refractivity contribution < 1.29 is 18.7 Å². The topological polar surface area (TPSA) is 37.3 Å². The highest BCUT2D eigenvalue weighted by molar-refractivity contribution is 5.71. The minimum atomic E-state index is -0.890. The smallest absolute Gasteiger partial charge is 0.307 e. The zero-order chi connectivity index (χ0) is 12.4. The Morgan fingerprint density at radius 2 is 1.94 bits per heavy atom. The first-order valence-electron chi connectivity index (χ1n) is 5.77. The largest absolute Gasteiger partial charge is 0.481 e. The van der Waals surface area contributed by atoms with Crippen LogP contribution in [0.15, 0.2) is 18.2 Å². The minimum Gasteiger partial charge on any atom is -0.481 e. The lowest BCUT2D eigenvalue weighted by Gasteiger charge is -2.29. The molecule has 92 valence electrons. The fourth-order valence-electron chi connectivity index (χ4n) is 2.60. The number of halogens is 2. The molecule has 1 aromatic rings. The summed E-state index contributed by atoms with van der Waals surface area (Å²) in [6, 6.07) is 3.38. The Kier molecular flexibility index (Phi) is 3.41. The zero-order valence-electron chi connectivity index (χ0n) is 9.33. The third-order valence-electron chi connectivity index (χ3n) is 3.45. The van der Waals surface area contributed by atoms with Gasteiger partial charge in [0.2, 0.25) is 0 Å². The molecule has 1 fully saturated rings. The molecule has 0 heterocycles. The molecule has 1 aliphatic carbocycles. The molecule has 1 aromatic carbocycles. The van der Waals surface area contributed by atoms with Crippen LogP contribution in [0.4, 0.5) is 8.78 Å². The number of carboxylic acids is 1. The highest BCUT2D eigenvalue weighted by Crippen LogP contribution is 2.39. The molecular formula is C13H14F2O2. The Morgan fingerprint density at radius 1 is 1.24 bits per heavy atom. The first-order chi connectivity index (χ1) is 8.09. The summed E-state index contributed by atoms with van der Waals surface area (Å²) < 4.78 is 26.5. The predicted octanol–water partition coefficient (Wildman–Crippen LogP) is 3.32. The molecule has 2 rings (SSSR count). The van der Waals surface area contributed by atoms with E-state index in [0.29, 0.717) is 18.4 Å². The number of carboxylic acid groups (broad SMARTS) is 1. The molecule has 0 spiro atoms. The molecule has 2 atom stereocenters. The lowest BCUT2D eigenvalue weighted by atomic mass is 9.75. The summed E-state index contributed by atoms with van der Waals surface area (Å²) in [7, 11) is 0. The van der Waals surface area contributed by atoms with Crippen molar-refractivity contribution in [2.75, 3.05) is 0 Å². The molecule has 1 saturated carbocycles. The van der Waals surface area contributed by atoms with E-state index >= 15 is 0 Å². The zero-order valence-corrected chi connectivity index (χ0v) is 9.33. The van der Waals surface area contributed by atoms with E-state index in [1.165, 1.54) is 12.1 Å². The average molecular weight is 240 g/mol. The van der Waals surface area contributed by atoms with Gasteiger partial charge in [-0.05, 0) is 24.5 Å². The van der Waals surface area contributed by atoms with Crippen molar-refractivity contribution in [3.8, 4) is 0 Å². The first kappa shape index (κ1) is 12.0. The van der Waals surface area contributed by atoms with Gasteiger partial charge < -0.3 is 5.11 Å². The number of hydrogen-bond acceptors (Lipinski definition) is 1. The van der Waals surface area contributed by atoms with Crippen LogP contribution < -0.4 is 0 Å². The molecule has 2 unspecified atom stereocenters. The Balaban J connectivity index is 2.32. The summed E-state index contributed by atoms with van der Waals surface area (Å²) in [5.41, 5.74) is 0.332. The average Bonchev–Trinajstić information content (AvgIpc) is 2.29. The van der Waals surface area contributed by atoms with Gasteiger partial charge in [0.25, 0.3) is 0 Å². The molecule has 0 aromatic heterocycles. The van der Waals surface area contributed by atoms with E-state index in [1.54, 1.807) is 0 Å². The van der Waals surface area contributed by atoms with Gasteiger partial charge in [0.15, 0.2) is 0 Å². The van der Waals surface area contributed by atoms with Crippen LogP contribution in [0, 0.1) is 17.6 Å². The van der Waals surface area contributed by atoms with Gasteiger partial charge in [-0.2, -0.15) is 0 Å². The van der Waals surface area contributed by atoms with E-state index in [9.17, 15) is 13.6 Å². The van der Waals surface area contributed by atoms with E-state index in [1.807, 2.05) is 0 Å². The normalized spacial score (nSPS) is 24.6. The van der Waals surface area contributed by atoms with Crippen molar-refractivity contribution in [3.63, 3.8) is 0 Å². The maximum atomic E-state index is 13.6. The summed E-state index contributed by atoms with van der Waals surface area (Å²) >= 11 is 0. The van der Waals surface area contributed by atoms with Crippen molar-refractivity contribution in [3.05, 3.63) is 35.4 Å². The fraction of sp³-hybridized carbons (Fsp3) is 0.462. The Morgan fingerprint density at radius 3 is 2.59 bits per heavy atom. The number of hydrogen-bond donors (Lipinski definition) is 1. The van der Waals surface area contributed by atoms with Crippen LogP contribution in [-0.4, -0.2) is 11.1 Å². The van der Waals surface area contributed by atoms with Gasteiger partial charge in [-0.1, -0.05) is 18.9 Å². The van der Waals surface area contributed by atoms with Crippen molar-refractivity contribution in [2.45, 2.75) is 31.6 Å². The summed E-state index contributed by atoms with van der Waals surface area (Å²) in [5, 5.41) is 9.12. The van der Waals surface area contributed by atoms with E-state index in [0.717, 1.165) is 18.9 Å². The second kappa shape index (κ2) is 4.82. The molecule has 1 N–H and O–H groups in total. The molecule has 2 nitrogen and oxygen atoms in total. The summed E-state index contributed by atoms with van der Waals surface area (Å²) in [6.45, 7) is 0. The quantitative estimate of drug-likeness (QED) is 0.861. The van der Waals surface area contributed by atoms with Gasteiger partial charge >= 0.3 is 5.97 Å². The van der Waals surface area contributed by atoms with Gasteiger partial charge in [-0.3, -0.25) is 4.79 Å². The standard InChI is InChI=1S/C13H14F2O2/c14-8-5-6-10(12(15)7-8)9-3-1-2-4-11(9)13(16)17/h5-7,9,11H,1-4H2,(H,16,17). The molecule has 0 amide bonds. The third kappa shape index (κ3) is 2.46. The maximum Gasteiger partial charge on any atom is 0.307 e. The lowest BCUT2D eigenvalue weighted by Crippen LogP contribution is -2.26. The number of benzene rings is 1. The molecular weight excluding hydrogens is 226 g/mol. The van der Waals surface area contributed by atoms with Crippen molar-refractivity contribution in [1.29, 1.82) is 0 Å². The molecule has 1 aliphatic rings. The van der Waals surface area contributed by atoms with Crippen molar-refractivity contribution in [1.82, 2.24) is 0 Å². The van der Waals surface area contributed by atoms with Gasteiger partial charge in [-0.15, -0.1) is 0 Å². The van der Waals surface area contributed by atoms with Crippen LogP contribution in [0.2, 0.25) is 0 Å². The predicted molar refractivity (Wildman–Crippen MR) is 58.7 cm³/mol. The lowest BCUT2D eigenvalue weighted by molar-refractivity contribution is -0.143. The van der Waals surface area contributed by atoms with Crippen LogP contribution in [0.5, 0.6) is 0 Å². The molecule has 0 saturated heterocycles. The monoisotopic (exact) mass is 240 g/mol. The first-order valence-corrected chi connectivity index (χ1v) is 5.77.